The van der Waals surface area contributed by atoms with Crippen molar-refractivity contribution in [2.24, 2.45) is 0 Å². The number of hydrogen-bond donors (Lipinski definition) is 0. The molecule has 0 saturated carbocycles. The highest BCUT2D eigenvalue weighted by atomic mass is 127. The maximum atomic E-state index is 10.9. The van der Waals surface area contributed by atoms with Crippen LogP contribution in [0, 0.1) is 0 Å². The van der Waals surface area contributed by atoms with Crippen LogP contribution in [0.2, 0.25) is 0 Å². The summed E-state index contributed by atoms with van der Waals surface area (Å²) < 4.78 is 1.09. The Bertz CT molecular complexity index is 301. The second-order valence-corrected chi connectivity index (χ2v) is 5.89. The third kappa shape index (κ3) is 7.13. The lowest BCUT2D eigenvalue weighted by Crippen LogP contribution is -3.00. The van der Waals surface area contributed by atoms with Crippen molar-refractivity contribution in [1.29, 1.82) is 0 Å². The van der Waals surface area contributed by atoms with Gasteiger partial charge in [0.05, 0.1) is 39.5 Å². The second kappa shape index (κ2) is 9.84. The third-order valence-electron chi connectivity index (χ3n) is 4.49. The number of carbonyl (C=O) groups excluding carboxylic acids is 2. The number of hydrogen-bond acceptors (Lipinski definition) is 3. The zero-order valence-corrected chi connectivity index (χ0v) is 15.3. The number of ketones is 2. The first-order chi connectivity index (χ1) is 8.99. The van der Waals surface area contributed by atoms with Crippen molar-refractivity contribution >= 4 is 11.6 Å². The van der Waals surface area contributed by atoms with Crippen LogP contribution in [0.1, 0.15) is 39.5 Å². The summed E-state index contributed by atoms with van der Waals surface area (Å²) in [6, 6.07) is 0. The Balaban J connectivity index is 0.000000345. The Kier molecular flexibility index (Phi) is 9.84. The number of rotatable bonds is 2. The molecule has 0 aromatic rings. The summed E-state index contributed by atoms with van der Waals surface area (Å²) in [4.78, 5) is 23.9. The van der Waals surface area contributed by atoms with Gasteiger partial charge in [-0.15, -0.1) is 0 Å². The highest BCUT2D eigenvalue weighted by Crippen LogP contribution is 2.12. The van der Waals surface area contributed by atoms with E-state index in [9.17, 15) is 9.59 Å². The average Bonchev–Trinajstić information content (AvgIpc) is 2.44. The SMILES string of the molecule is CCN1CCC(=O)CC1.CC[N+]1(C)CCC(=O)CC1.[I-]. The van der Waals surface area contributed by atoms with E-state index >= 15 is 0 Å². The zero-order chi connectivity index (χ0) is 14.3. The highest BCUT2D eigenvalue weighted by molar-refractivity contribution is 5.79. The minimum absolute atomic E-state index is 0. The van der Waals surface area contributed by atoms with Crippen molar-refractivity contribution < 1.29 is 38.0 Å². The van der Waals surface area contributed by atoms with Gasteiger partial charge in [0, 0.05) is 25.9 Å². The molecule has 4 nitrogen and oxygen atoms in total. The van der Waals surface area contributed by atoms with Crippen LogP contribution in [0.4, 0.5) is 0 Å². The number of nitrogens with zero attached hydrogens (tertiary/aromatic N) is 2. The molecule has 5 heteroatoms. The van der Waals surface area contributed by atoms with Gasteiger partial charge in [-0.2, -0.15) is 0 Å². The Labute approximate surface area is 140 Å². The lowest BCUT2D eigenvalue weighted by molar-refractivity contribution is -0.909. The molecule has 2 aliphatic rings. The van der Waals surface area contributed by atoms with E-state index in [4.69, 9.17) is 0 Å². The summed E-state index contributed by atoms with van der Waals surface area (Å²) in [7, 11) is 2.23. The molecular formula is C15H29IN2O2. The van der Waals surface area contributed by atoms with Crippen molar-refractivity contribution in [3.8, 4) is 0 Å². The largest absolute Gasteiger partial charge is 1.00 e. The predicted molar refractivity (Wildman–Crippen MR) is 77.1 cm³/mol. The van der Waals surface area contributed by atoms with Crippen molar-refractivity contribution in [2.75, 3.05) is 46.3 Å². The molecule has 0 radical (unpaired) electrons. The van der Waals surface area contributed by atoms with Crippen molar-refractivity contribution in [1.82, 2.24) is 4.90 Å². The van der Waals surface area contributed by atoms with E-state index in [1.807, 2.05) is 0 Å². The molecular weight excluding hydrogens is 367 g/mol. The van der Waals surface area contributed by atoms with Gasteiger partial charge in [0.15, 0.2) is 0 Å². The molecule has 0 amide bonds. The Morgan fingerprint density at radius 1 is 0.950 bits per heavy atom. The number of quaternary nitrogens is 1. The fraction of sp³-hybridized carbons (Fsp3) is 0.867. The number of Topliss-reactive ketones (excluding diaryl/α,β-unsaturated/α-hetero) is 2. The van der Waals surface area contributed by atoms with Crippen LogP contribution in [0.15, 0.2) is 0 Å². The van der Waals surface area contributed by atoms with Crippen molar-refractivity contribution in [2.45, 2.75) is 39.5 Å². The van der Waals surface area contributed by atoms with E-state index in [1.54, 1.807) is 0 Å². The standard InChI is InChI=1S/C8H16NO.C7H13NO.HI/c1-3-9(2)6-4-8(10)5-7-9;1-2-8-5-3-7(9)4-6-8;/h3-7H2,1-2H3;2-6H2,1H3;1H/q+1;;/p-1. The fourth-order valence-electron chi connectivity index (χ4n) is 2.46. The van der Waals surface area contributed by atoms with E-state index in [1.165, 1.54) is 0 Å². The summed E-state index contributed by atoms with van der Waals surface area (Å²) >= 11 is 0. The number of piperidine rings is 2. The van der Waals surface area contributed by atoms with Crippen LogP contribution in [-0.2, 0) is 9.59 Å². The molecule has 20 heavy (non-hydrogen) atoms. The van der Waals surface area contributed by atoms with Crippen LogP contribution in [0.3, 0.4) is 0 Å². The fourth-order valence-corrected chi connectivity index (χ4v) is 2.46. The quantitative estimate of drug-likeness (QED) is 0.421. The van der Waals surface area contributed by atoms with E-state index < -0.39 is 0 Å². The molecule has 0 bridgehead atoms. The van der Waals surface area contributed by atoms with Gasteiger partial charge in [-0.05, 0) is 13.5 Å². The van der Waals surface area contributed by atoms with Gasteiger partial charge in [-0.3, -0.25) is 9.59 Å². The van der Waals surface area contributed by atoms with E-state index in [0.717, 1.165) is 69.4 Å². The topological polar surface area (TPSA) is 37.4 Å². The van der Waals surface area contributed by atoms with Gasteiger partial charge in [0.2, 0.25) is 0 Å². The van der Waals surface area contributed by atoms with Crippen molar-refractivity contribution in [3.63, 3.8) is 0 Å². The number of halogens is 1. The first-order valence-electron chi connectivity index (χ1n) is 7.58. The maximum absolute atomic E-state index is 10.9. The molecule has 0 aliphatic carbocycles. The second-order valence-electron chi connectivity index (χ2n) is 5.89. The summed E-state index contributed by atoms with van der Waals surface area (Å²) in [5.41, 5.74) is 0. The van der Waals surface area contributed by atoms with E-state index in [-0.39, 0.29) is 24.0 Å². The van der Waals surface area contributed by atoms with Crippen LogP contribution in [-0.4, -0.2) is 67.3 Å². The van der Waals surface area contributed by atoms with Crippen LogP contribution in [0.5, 0.6) is 0 Å². The highest BCUT2D eigenvalue weighted by Gasteiger charge is 2.26. The Hall–Kier alpha value is -0.0100. The van der Waals surface area contributed by atoms with Crippen LogP contribution < -0.4 is 24.0 Å². The van der Waals surface area contributed by atoms with Gasteiger partial charge in [0.25, 0.3) is 0 Å². The summed E-state index contributed by atoms with van der Waals surface area (Å²) in [6.07, 6.45) is 3.14. The minimum atomic E-state index is 0. The molecule has 0 aromatic carbocycles. The molecule has 0 unspecified atom stereocenters. The molecule has 2 fully saturated rings. The van der Waals surface area contributed by atoms with Gasteiger partial charge in [-0.25, -0.2) is 0 Å². The monoisotopic (exact) mass is 396 g/mol. The number of carbonyl (C=O) groups is 2. The molecule has 2 saturated heterocycles. The molecule has 0 N–H and O–H groups in total. The van der Waals surface area contributed by atoms with E-state index in [0.29, 0.717) is 11.6 Å². The first kappa shape index (κ1) is 20.0. The summed E-state index contributed by atoms with van der Waals surface area (Å²) in [5.74, 6) is 0.878. The molecule has 2 aliphatic heterocycles. The lowest BCUT2D eigenvalue weighted by Gasteiger charge is -2.36. The normalized spacial score (nSPS) is 22.6. The lowest BCUT2D eigenvalue weighted by atomic mass is 10.1. The molecule has 118 valence electrons. The summed E-state index contributed by atoms with van der Waals surface area (Å²) in [6.45, 7) is 10.6. The third-order valence-corrected chi connectivity index (χ3v) is 4.49. The summed E-state index contributed by atoms with van der Waals surface area (Å²) in [5, 5.41) is 0. The average molecular weight is 396 g/mol. The Morgan fingerprint density at radius 3 is 1.80 bits per heavy atom. The van der Waals surface area contributed by atoms with Crippen LogP contribution >= 0.6 is 0 Å². The van der Waals surface area contributed by atoms with E-state index in [2.05, 4.69) is 25.8 Å². The van der Waals surface area contributed by atoms with Gasteiger partial charge < -0.3 is 33.4 Å². The minimum Gasteiger partial charge on any atom is -1.00 e. The molecule has 0 spiro atoms. The van der Waals surface area contributed by atoms with Gasteiger partial charge in [-0.1, -0.05) is 6.92 Å². The van der Waals surface area contributed by atoms with Crippen LogP contribution in [0.25, 0.3) is 0 Å². The molecule has 2 rings (SSSR count). The Morgan fingerprint density at radius 2 is 1.40 bits per heavy atom. The van der Waals surface area contributed by atoms with Gasteiger partial charge >= 0.3 is 0 Å². The molecule has 2 heterocycles. The van der Waals surface area contributed by atoms with Gasteiger partial charge in [0.1, 0.15) is 11.6 Å². The molecule has 0 aromatic heterocycles. The maximum Gasteiger partial charge on any atom is 0.144 e. The zero-order valence-electron chi connectivity index (χ0n) is 13.2. The predicted octanol–water partition coefficient (Wildman–Crippen LogP) is -1.51. The molecule has 0 atom stereocenters. The first-order valence-corrected chi connectivity index (χ1v) is 7.58. The smallest absolute Gasteiger partial charge is 0.144 e. The van der Waals surface area contributed by atoms with Crippen molar-refractivity contribution in [3.05, 3.63) is 0 Å². The number of likely N-dealkylation sites (tertiary alicyclic amines) is 2.